The summed E-state index contributed by atoms with van der Waals surface area (Å²) in [6, 6.07) is 9.45. The second-order valence-electron chi connectivity index (χ2n) is 4.01. The van der Waals surface area contributed by atoms with Crippen LogP contribution in [-0.2, 0) is 6.42 Å². The van der Waals surface area contributed by atoms with Crippen LogP contribution < -0.4 is 9.47 Å². The molecule has 0 bridgehead atoms. The molecule has 0 aliphatic rings. The van der Waals surface area contributed by atoms with E-state index in [0.717, 1.165) is 11.3 Å². The summed E-state index contributed by atoms with van der Waals surface area (Å²) >= 11 is 5.88. The number of ether oxygens (including phenoxy) is 2. The smallest absolute Gasteiger partial charge is 0.217 e. The SMILES string of the molecule is COc1cc(Cl)nc(CCOc2ccccc2C)n1. The number of aryl methyl sites for hydroxylation is 1. The molecule has 1 aromatic carbocycles. The summed E-state index contributed by atoms with van der Waals surface area (Å²) in [5, 5.41) is 0.373. The molecule has 19 heavy (non-hydrogen) atoms. The molecule has 0 aliphatic carbocycles. The third-order valence-corrected chi connectivity index (χ3v) is 2.80. The van der Waals surface area contributed by atoms with Crippen LogP contribution in [0.5, 0.6) is 11.6 Å². The zero-order valence-corrected chi connectivity index (χ0v) is 11.6. The molecule has 0 amide bonds. The highest BCUT2D eigenvalue weighted by molar-refractivity contribution is 6.29. The molecule has 2 rings (SSSR count). The van der Waals surface area contributed by atoms with Crippen molar-refractivity contribution in [3.63, 3.8) is 0 Å². The van der Waals surface area contributed by atoms with E-state index >= 15 is 0 Å². The minimum atomic E-state index is 0.373. The average molecular weight is 279 g/mol. The van der Waals surface area contributed by atoms with E-state index in [1.165, 1.54) is 0 Å². The molecular formula is C14H15ClN2O2. The lowest BCUT2D eigenvalue weighted by molar-refractivity contribution is 0.315. The van der Waals surface area contributed by atoms with Gasteiger partial charge in [0.05, 0.1) is 13.7 Å². The van der Waals surface area contributed by atoms with Crippen molar-refractivity contribution in [2.45, 2.75) is 13.3 Å². The van der Waals surface area contributed by atoms with Gasteiger partial charge in [-0.15, -0.1) is 0 Å². The first-order valence-electron chi connectivity index (χ1n) is 5.95. The number of benzene rings is 1. The molecule has 0 N–H and O–H groups in total. The van der Waals surface area contributed by atoms with Crippen molar-refractivity contribution in [1.82, 2.24) is 9.97 Å². The van der Waals surface area contributed by atoms with Crippen LogP contribution in [0.2, 0.25) is 5.15 Å². The maximum atomic E-state index is 5.88. The first-order chi connectivity index (χ1) is 9.19. The fraction of sp³-hybridized carbons (Fsp3) is 0.286. The van der Waals surface area contributed by atoms with Crippen molar-refractivity contribution in [3.8, 4) is 11.6 Å². The van der Waals surface area contributed by atoms with Crippen molar-refractivity contribution in [2.75, 3.05) is 13.7 Å². The molecule has 2 aromatic rings. The van der Waals surface area contributed by atoms with Crippen molar-refractivity contribution in [1.29, 1.82) is 0 Å². The predicted octanol–water partition coefficient (Wildman–Crippen LogP) is 3.07. The molecule has 0 unspecified atom stereocenters. The monoisotopic (exact) mass is 278 g/mol. The van der Waals surface area contributed by atoms with E-state index in [-0.39, 0.29) is 0 Å². The lowest BCUT2D eigenvalue weighted by atomic mass is 10.2. The first-order valence-corrected chi connectivity index (χ1v) is 6.32. The van der Waals surface area contributed by atoms with Crippen LogP contribution in [0.4, 0.5) is 0 Å². The zero-order valence-electron chi connectivity index (χ0n) is 10.9. The fourth-order valence-corrected chi connectivity index (χ4v) is 1.82. The van der Waals surface area contributed by atoms with Gasteiger partial charge in [-0.2, -0.15) is 4.98 Å². The van der Waals surface area contributed by atoms with E-state index in [2.05, 4.69) is 9.97 Å². The Morgan fingerprint density at radius 2 is 2.00 bits per heavy atom. The summed E-state index contributed by atoms with van der Waals surface area (Å²) in [7, 11) is 1.55. The highest BCUT2D eigenvalue weighted by Crippen LogP contribution is 2.17. The number of methoxy groups -OCH3 is 1. The molecule has 0 saturated heterocycles. The van der Waals surface area contributed by atoms with Crippen LogP contribution in [-0.4, -0.2) is 23.7 Å². The second-order valence-corrected chi connectivity index (χ2v) is 4.40. The van der Waals surface area contributed by atoms with Gasteiger partial charge in [-0.05, 0) is 18.6 Å². The molecule has 0 saturated carbocycles. The summed E-state index contributed by atoms with van der Waals surface area (Å²) in [6.45, 7) is 2.50. The summed E-state index contributed by atoms with van der Waals surface area (Å²) in [5.74, 6) is 1.94. The highest BCUT2D eigenvalue weighted by atomic mass is 35.5. The van der Waals surface area contributed by atoms with Crippen molar-refractivity contribution < 1.29 is 9.47 Å². The quantitative estimate of drug-likeness (QED) is 0.789. The van der Waals surface area contributed by atoms with E-state index in [9.17, 15) is 0 Å². The van der Waals surface area contributed by atoms with Crippen molar-refractivity contribution >= 4 is 11.6 Å². The zero-order chi connectivity index (χ0) is 13.7. The molecule has 100 valence electrons. The standard InChI is InChI=1S/C14H15ClN2O2/c1-10-5-3-4-6-11(10)19-8-7-13-16-12(15)9-14(17-13)18-2/h3-6,9H,7-8H2,1-2H3. The van der Waals surface area contributed by atoms with Crippen LogP contribution in [0.1, 0.15) is 11.4 Å². The van der Waals surface area contributed by atoms with Crippen LogP contribution in [0.25, 0.3) is 0 Å². The Balaban J connectivity index is 1.96. The molecule has 0 aliphatic heterocycles. The Hall–Kier alpha value is -1.81. The number of hydrogen-bond donors (Lipinski definition) is 0. The number of rotatable bonds is 5. The molecule has 4 nitrogen and oxygen atoms in total. The lowest BCUT2D eigenvalue weighted by Crippen LogP contribution is -2.06. The molecule has 0 fully saturated rings. The molecule has 1 heterocycles. The minimum Gasteiger partial charge on any atom is -0.493 e. The Bertz CT molecular complexity index is 561. The summed E-state index contributed by atoms with van der Waals surface area (Å²) in [5.41, 5.74) is 1.10. The third kappa shape index (κ3) is 3.83. The Labute approximate surface area is 117 Å². The van der Waals surface area contributed by atoms with Crippen LogP contribution in [0.3, 0.4) is 0 Å². The lowest BCUT2D eigenvalue weighted by Gasteiger charge is -2.08. The van der Waals surface area contributed by atoms with Gasteiger partial charge in [-0.1, -0.05) is 29.8 Å². The van der Waals surface area contributed by atoms with E-state index in [0.29, 0.717) is 29.9 Å². The molecule has 1 aromatic heterocycles. The number of aromatic nitrogens is 2. The van der Waals surface area contributed by atoms with E-state index in [1.807, 2.05) is 31.2 Å². The number of halogens is 1. The van der Waals surface area contributed by atoms with Gasteiger partial charge in [0.15, 0.2) is 0 Å². The average Bonchev–Trinajstić information content (AvgIpc) is 2.40. The van der Waals surface area contributed by atoms with Crippen molar-refractivity contribution in [2.24, 2.45) is 0 Å². The second kappa shape index (κ2) is 6.38. The number of para-hydroxylation sites is 1. The maximum absolute atomic E-state index is 5.88. The van der Waals surface area contributed by atoms with Gasteiger partial charge < -0.3 is 9.47 Å². The van der Waals surface area contributed by atoms with Gasteiger partial charge in [0.2, 0.25) is 5.88 Å². The molecule has 0 spiro atoms. The van der Waals surface area contributed by atoms with Gasteiger partial charge in [0.1, 0.15) is 16.7 Å². The van der Waals surface area contributed by atoms with Gasteiger partial charge in [0, 0.05) is 12.5 Å². The van der Waals surface area contributed by atoms with E-state index in [1.54, 1.807) is 13.2 Å². The minimum absolute atomic E-state index is 0.373. The van der Waals surface area contributed by atoms with Gasteiger partial charge >= 0.3 is 0 Å². The number of hydrogen-bond acceptors (Lipinski definition) is 4. The first kappa shape index (κ1) is 13.6. The summed E-state index contributed by atoms with van der Waals surface area (Å²) < 4.78 is 10.7. The van der Waals surface area contributed by atoms with Gasteiger partial charge in [-0.25, -0.2) is 4.98 Å². The largest absolute Gasteiger partial charge is 0.493 e. The molecule has 0 atom stereocenters. The highest BCUT2D eigenvalue weighted by Gasteiger charge is 2.04. The van der Waals surface area contributed by atoms with Crippen LogP contribution in [0, 0.1) is 6.92 Å². The molecular weight excluding hydrogens is 264 g/mol. The molecule has 0 radical (unpaired) electrons. The van der Waals surface area contributed by atoms with Crippen LogP contribution >= 0.6 is 11.6 Å². The maximum Gasteiger partial charge on any atom is 0.217 e. The van der Waals surface area contributed by atoms with Crippen molar-refractivity contribution in [3.05, 3.63) is 46.9 Å². The number of nitrogens with zero attached hydrogens (tertiary/aromatic N) is 2. The normalized spacial score (nSPS) is 10.3. The summed E-state index contributed by atoms with van der Waals surface area (Å²) in [4.78, 5) is 8.34. The van der Waals surface area contributed by atoms with Gasteiger partial charge in [0.25, 0.3) is 0 Å². The van der Waals surface area contributed by atoms with Crippen LogP contribution in [0.15, 0.2) is 30.3 Å². The topological polar surface area (TPSA) is 44.2 Å². The van der Waals surface area contributed by atoms with Gasteiger partial charge in [-0.3, -0.25) is 0 Å². The fourth-order valence-electron chi connectivity index (χ4n) is 1.63. The Kier molecular flexibility index (Phi) is 4.58. The Morgan fingerprint density at radius 1 is 1.21 bits per heavy atom. The van der Waals surface area contributed by atoms with E-state index in [4.69, 9.17) is 21.1 Å². The third-order valence-electron chi connectivity index (χ3n) is 2.60. The predicted molar refractivity (Wildman–Crippen MR) is 74.0 cm³/mol. The Morgan fingerprint density at radius 3 is 2.74 bits per heavy atom. The van der Waals surface area contributed by atoms with E-state index < -0.39 is 0 Å². The summed E-state index contributed by atoms with van der Waals surface area (Å²) in [6.07, 6.45) is 0.575. The molecule has 5 heteroatoms.